The first-order chi connectivity index (χ1) is 8.59. The van der Waals surface area contributed by atoms with Crippen LogP contribution in [0.15, 0.2) is 12.2 Å². The normalized spacial score (nSPS) is 19.7. The molecule has 0 spiro atoms. The summed E-state index contributed by atoms with van der Waals surface area (Å²) in [4.78, 5) is 22.4. The van der Waals surface area contributed by atoms with E-state index in [1.54, 1.807) is 0 Å². The molecule has 0 N–H and O–H groups in total. The van der Waals surface area contributed by atoms with Crippen molar-refractivity contribution in [3.63, 3.8) is 0 Å². The van der Waals surface area contributed by atoms with Gasteiger partial charge in [-0.25, -0.2) is 4.79 Å². The maximum atomic E-state index is 11.4. The van der Waals surface area contributed by atoms with Crippen LogP contribution in [-0.2, 0) is 28.5 Å². The summed E-state index contributed by atoms with van der Waals surface area (Å²) in [6.07, 6.45) is 0.0974. The van der Waals surface area contributed by atoms with Gasteiger partial charge in [-0.15, -0.1) is 0 Å². The Morgan fingerprint density at radius 2 is 2.17 bits per heavy atom. The summed E-state index contributed by atoms with van der Waals surface area (Å²) in [7, 11) is 0. The van der Waals surface area contributed by atoms with Crippen LogP contribution in [0.25, 0.3) is 0 Å². The minimum atomic E-state index is -0.670. The molecule has 1 aliphatic heterocycles. The van der Waals surface area contributed by atoms with E-state index in [9.17, 15) is 9.59 Å². The molecule has 1 heterocycles. The zero-order valence-corrected chi connectivity index (χ0v) is 10.5. The molecule has 0 aromatic carbocycles. The maximum absolute atomic E-state index is 11.4. The molecule has 1 rings (SSSR count). The van der Waals surface area contributed by atoms with Crippen molar-refractivity contribution in [2.45, 2.75) is 26.1 Å². The van der Waals surface area contributed by atoms with Crippen molar-refractivity contribution in [2.24, 2.45) is 0 Å². The van der Waals surface area contributed by atoms with E-state index in [4.69, 9.17) is 18.9 Å². The fourth-order valence-corrected chi connectivity index (χ4v) is 1.23. The van der Waals surface area contributed by atoms with E-state index in [1.807, 2.05) is 0 Å². The molecule has 1 atom stereocenters. The highest BCUT2D eigenvalue weighted by Crippen LogP contribution is 2.05. The molecule has 6 nitrogen and oxygen atoms in total. The number of esters is 2. The number of rotatable bonds is 5. The van der Waals surface area contributed by atoms with Crippen LogP contribution in [0.1, 0.15) is 19.8 Å². The van der Waals surface area contributed by atoms with Crippen LogP contribution in [0.2, 0.25) is 0 Å². The summed E-state index contributed by atoms with van der Waals surface area (Å²) in [6.45, 7) is 6.28. The van der Waals surface area contributed by atoms with Gasteiger partial charge in [0.25, 0.3) is 0 Å². The molecule has 0 aromatic heterocycles. The van der Waals surface area contributed by atoms with Crippen molar-refractivity contribution >= 4 is 11.9 Å². The fourth-order valence-electron chi connectivity index (χ4n) is 1.23. The minimum Gasteiger partial charge on any atom is -0.462 e. The van der Waals surface area contributed by atoms with Gasteiger partial charge in [-0.1, -0.05) is 6.58 Å². The van der Waals surface area contributed by atoms with E-state index in [1.165, 1.54) is 6.92 Å². The van der Waals surface area contributed by atoms with Crippen molar-refractivity contribution in [1.82, 2.24) is 0 Å². The average Bonchev–Trinajstić information content (AvgIpc) is 2.57. The van der Waals surface area contributed by atoms with Gasteiger partial charge in [0.15, 0.2) is 0 Å². The molecule has 0 aromatic rings. The Labute approximate surface area is 106 Å². The lowest BCUT2D eigenvalue weighted by Crippen LogP contribution is -2.25. The van der Waals surface area contributed by atoms with E-state index < -0.39 is 18.2 Å². The molecule has 0 radical (unpaired) electrons. The molecule has 0 bridgehead atoms. The van der Waals surface area contributed by atoms with Crippen molar-refractivity contribution in [2.75, 3.05) is 26.4 Å². The monoisotopic (exact) mass is 258 g/mol. The Morgan fingerprint density at radius 1 is 1.39 bits per heavy atom. The van der Waals surface area contributed by atoms with Gasteiger partial charge < -0.3 is 18.9 Å². The van der Waals surface area contributed by atoms with E-state index in [2.05, 4.69) is 6.58 Å². The zero-order valence-electron chi connectivity index (χ0n) is 10.5. The summed E-state index contributed by atoms with van der Waals surface area (Å²) in [5.74, 6) is -1.00. The topological polar surface area (TPSA) is 71.1 Å². The van der Waals surface area contributed by atoms with Gasteiger partial charge in [0, 0.05) is 12.2 Å². The number of hydrogen-bond donors (Lipinski definition) is 0. The van der Waals surface area contributed by atoms with E-state index in [0.717, 1.165) is 6.42 Å². The van der Waals surface area contributed by atoms with Crippen LogP contribution < -0.4 is 0 Å². The molecule has 0 saturated carbocycles. The molecular formula is C12H18O6. The summed E-state index contributed by atoms with van der Waals surface area (Å²) >= 11 is 0. The Kier molecular flexibility index (Phi) is 6.38. The molecular weight excluding hydrogens is 240 g/mol. The first-order valence-electron chi connectivity index (χ1n) is 5.81. The lowest BCUT2D eigenvalue weighted by atomic mass is 10.4. The van der Waals surface area contributed by atoms with E-state index in [0.29, 0.717) is 18.8 Å². The number of carbonyl (C=O) groups is 2. The van der Waals surface area contributed by atoms with Crippen LogP contribution >= 0.6 is 0 Å². The van der Waals surface area contributed by atoms with E-state index in [-0.39, 0.29) is 19.6 Å². The second-order valence-corrected chi connectivity index (χ2v) is 3.88. The maximum Gasteiger partial charge on any atom is 0.333 e. The highest BCUT2D eigenvalue weighted by molar-refractivity contribution is 5.87. The minimum absolute atomic E-state index is 0.0150. The Bertz CT molecular complexity index is 304. The van der Waals surface area contributed by atoms with Crippen LogP contribution in [0.5, 0.6) is 0 Å². The van der Waals surface area contributed by atoms with Gasteiger partial charge in [-0.3, -0.25) is 4.79 Å². The summed E-state index contributed by atoms with van der Waals surface area (Å²) in [5.41, 5.74) is 0.295. The SMILES string of the molecule is C=C(C)C(=O)OCCC(=O)OC1COCCCO1. The summed E-state index contributed by atoms with van der Waals surface area (Å²) in [6, 6.07) is 0. The van der Waals surface area contributed by atoms with Gasteiger partial charge in [0.2, 0.25) is 6.29 Å². The first kappa shape index (κ1) is 14.7. The quantitative estimate of drug-likeness (QED) is 0.536. The fraction of sp³-hybridized carbons (Fsp3) is 0.667. The molecule has 1 saturated heterocycles. The van der Waals surface area contributed by atoms with Crippen LogP contribution in [0, 0.1) is 0 Å². The molecule has 6 heteroatoms. The largest absolute Gasteiger partial charge is 0.462 e. The molecule has 0 amide bonds. The second kappa shape index (κ2) is 7.84. The summed E-state index contributed by atoms with van der Waals surface area (Å²) < 4.78 is 20.2. The van der Waals surface area contributed by atoms with Crippen LogP contribution in [0.4, 0.5) is 0 Å². The first-order valence-corrected chi connectivity index (χ1v) is 5.81. The zero-order chi connectivity index (χ0) is 13.4. The lowest BCUT2D eigenvalue weighted by molar-refractivity contribution is -0.184. The Hall–Kier alpha value is -1.40. The standard InChI is InChI=1S/C12H18O6/c1-9(2)12(14)17-7-4-10(13)18-11-8-15-5-3-6-16-11/h11H,1,3-8H2,2H3. The van der Waals surface area contributed by atoms with Crippen molar-refractivity contribution < 1.29 is 28.5 Å². The molecule has 1 fully saturated rings. The number of carbonyl (C=O) groups excluding carboxylic acids is 2. The van der Waals surface area contributed by atoms with Gasteiger partial charge >= 0.3 is 11.9 Å². The predicted molar refractivity (Wildman–Crippen MR) is 61.7 cm³/mol. The Balaban J connectivity index is 2.16. The molecule has 102 valence electrons. The molecule has 1 unspecified atom stereocenters. The average molecular weight is 258 g/mol. The van der Waals surface area contributed by atoms with Crippen molar-refractivity contribution in [3.8, 4) is 0 Å². The highest BCUT2D eigenvalue weighted by Gasteiger charge is 2.17. The van der Waals surface area contributed by atoms with Crippen molar-refractivity contribution in [1.29, 1.82) is 0 Å². The summed E-state index contributed by atoms with van der Waals surface area (Å²) in [5, 5.41) is 0. The third-order valence-electron chi connectivity index (χ3n) is 2.14. The third kappa shape index (κ3) is 5.79. The predicted octanol–water partition coefficient (Wildman–Crippen LogP) is 0.802. The van der Waals surface area contributed by atoms with Crippen LogP contribution in [-0.4, -0.2) is 44.7 Å². The molecule has 18 heavy (non-hydrogen) atoms. The van der Waals surface area contributed by atoms with Crippen molar-refractivity contribution in [3.05, 3.63) is 12.2 Å². The third-order valence-corrected chi connectivity index (χ3v) is 2.14. The van der Waals surface area contributed by atoms with Gasteiger partial charge in [-0.2, -0.15) is 0 Å². The van der Waals surface area contributed by atoms with Crippen LogP contribution in [0.3, 0.4) is 0 Å². The smallest absolute Gasteiger partial charge is 0.333 e. The number of ether oxygens (including phenoxy) is 4. The van der Waals surface area contributed by atoms with Gasteiger partial charge in [0.1, 0.15) is 13.2 Å². The van der Waals surface area contributed by atoms with Gasteiger partial charge in [-0.05, 0) is 13.3 Å². The lowest BCUT2D eigenvalue weighted by Gasteiger charge is -2.15. The van der Waals surface area contributed by atoms with E-state index >= 15 is 0 Å². The molecule has 1 aliphatic rings. The number of hydrogen-bond acceptors (Lipinski definition) is 6. The van der Waals surface area contributed by atoms with Gasteiger partial charge in [0.05, 0.1) is 13.0 Å². The second-order valence-electron chi connectivity index (χ2n) is 3.88. The molecule has 0 aliphatic carbocycles. The Morgan fingerprint density at radius 3 is 2.89 bits per heavy atom. The highest BCUT2D eigenvalue weighted by atomic mass is 16.7.